The molecule has 1 aliphatic heterocycles. The van der Waals surface area contributed by atoms with Gasteiger partial charge in [0, 0.05) is 6.54 Å². The standard InChI is InChI=1S/C15H18N2O5/c16-14(20)11-6-3-4-8-17(11)13(19)9-22-15(21)10-5-1-2-7-12(10)18/h1-2,5,7,11,18H,3-4,6,8-9H2,(H2,16,20)/t11-/m0/s1. The van der Waals surface area contributed by atoms with Gasteiger partial charge in [-0.05, 0) is 31.4 Å². The number of para-hydroxylation sites is 1. The molecule has 118 valence electrons. The number of carbonyl (C=O) groups is 3. The summed E-state index contributed by atoms with van der Waals surface area (Å²) in [6, 6.07) is 5.25. The Morgan fingerprint density at radius 1 is 1.27 bits per heavy atom. The molecule has 0 aromatic heterocycles. The predicted octanol–water partition coefficient (Wildman–Crippen LogP) is 0.415. The van der Waals surface area contributed by atoms with E-state index >= 15 is 0 Å². The van der Waals surface area contributed by atoms with Crippen molar-refractivity contribution in [2.24, 2.45) is 5.73 Å². The van der Waals surface area contributed by atoms with Crippen LogP contribution in [-0.2, 0) is 14.3 Å². The predicted molar refractivity (Wildman–Crippen MR) is 76.9 cm³/mol. The van der Waals surface area contributed by atoms with Gasteiger partial charge in [0.25, 0.3) is 5.91 Å². The van der Waals surface area contributed by atoms with Crippen molar-refractivity contribution in [3.8, 4) is 5.75 Å². The van der Waals surface area contributed by atoms with Gasteiger partial charge in [-0.25, -0.2) is 4.79 Å². The van der Waals surface area contributed by atoms with Crippen LogP contribution in [0.15, 0.2) is 24.3 Å². The summed E-state index contributed by atoms with van der Waals surface area (Å²) in [4.78, 5) is 36.6. The zero-order valence-electron chi connectivity index (χ0n) is 12.0. The van der Waals surface area contributed by atoms with Crippen molar-refractivity contribution in [3.63, 3.8) is 0 Å². The molecule has 22 heavy (non-hydrogen) atoms. The fraction of sp³-hybridized carbons (Fsp3) is 0.400. The van der Waals surface area contributed by atoms with Gasteiger partial charge in [0.15, 0.2) is 6.61 Å². The Hall–Kier alpha value is -2.57. The molecular formula is C15H18N2O5. The first-order valence-corrected chi connectivity index (χ1v) is 7.04. The number of phenols is 1. The van der Waals surface area contributed by atoms with Gasteiger partial charge >= 0.3 is 5.97 Å². The van der Waals surface area contributed by atoms with E-state index in [4.69, 9.17) is 10.5 Å². The monoisotopic (exact) mass is 306 g/mol. The zero-order chi connectivity index (χ0) is 16.1. The summed E-state index contributed by atoms with van der Waals surface area (Å²) in [7, 11) is 0. The zero-order valence-corrected chi connectivity index (χ0v) is 12.0. The molecule has 1 aromatic carbocycles. The summed E-state index contributed by atoms with van der Waals surface area (Å²) in [5.41, 5.74) is 5.28. The van der Waals surface area contributed by atoms with E-state index < -0.39 is 30.4 Å². The lowest BCUT2D eigenvalue weighted by Gasteiger charge is -2.33. The fourth-order valence-electron chi connectivity index (χ4n) is 2.46. The van der Waals surface area contributed by atoms with E-state index in [0.717, 1.165) is 12.8 Å². The van der Waals surface area contributed by atoms with Gasteiger partial charge in [-0.3, -0.25) is 9.59 Å². The molecule has 0 spiro atoms. The average Bonchev–Trinajstić information content (AvgIpc) is 2.52. The normalized spacial score (nSPS) is 17.8. The average molecular weight is 306 g/mol. The number of benzene rings is 1. The molecule has 1 atom stereocenters. The first-order valence-electron chi connectivity index (χ1n) is 7.04. The number of piperidine rings is 1. The second-order valence-electron chi connectivity index (χ2n) is 5.09. The molecule has 0 aliphatic carbocycles. The van der Waals surface area contributed by atoms with Crippen LogP contribution < -0.4 is 5.73 Å². The van der Waals surface area contributed by atoms with Crippen molar-refractivity contribution in [3.05, 3.63) is 29.8 Å². The Morgan fingerprint density at radius 3 is 2.68 bits per heavy atom. The second-order valence-corrected chi connectivity index (χ2v) is 5.09. The molecule has 2 rings (SSSR count). The maximum atomic E-state index is 12.1. The van der Waals surface area contributed by atoms with Crippen molar-refractivity contribution in [2.75, 3.05) is 13.2 Å². The van der Waals surface area contributed by atoms with Crippen LogP contribution >= 0.6 is 0 Å². The van der Waals surface area contributed by atoms with Gasteiger partial charge in [-0.1, -0.05) is 12.1 Å². The molecule has 1 fully saturated rings. The third-order valence-corrected chi connectivity index (χ3v) is 3.60. The molecule has 2 amide bonds. The van der Waals surface area contributed by atoms with E-state index in [9.17, 15) is 19.5 Å². The van der Waals surface area contributed by atoms with Crippen LogP contribution in [0.4, 0.5) is 0 Å². The second kappa shape index (κ2) is 6.93. The van der Waals surface area contributed by atoms with E-state index in [0.29, 0.717) is 13.0 Å². The Kier molecular flexibility index (Phi) is 4.98. The summed E-state index contributed by atoms with van der Waals surface area (Å²) in [5, 5.41) is 9.55. The molecule has 0 radical (unpaired) electrons. The highest BCUT2D eigenvalue weighted by molar-refractivity contribution is 5.94. The smallest absolute Gasteiger partial charge is 0.342 e. The van der Waals surface area contributed by atoms with Gasteiger partial charge in [-0.15, -0.1) is 0 Å². The molecule has 0 unspecified atom stereocenters. The van der Waals surface area contributed by atoms with Crippen LogP contribution in [0, 0.1) is 0 Å². The molecule has 1 aliphatic rings. The summed E-state index contributed by atoms with van der Waals surface area (Å²) in [6.45, 7) is -0.0719. The number of aromatic hydroxyl groups is 1. The highest BCUT2D eigenvalue weighted by Gasteiger charge is 2.31. The van der Waals surface area contributed by atoms with E-state index in [1.807, 2.05) is 0 Å². The molecule has 7 nitrogen and oxygen atoms in total. The highest BCUT2D eigenvalue weighted by Crippen LogP contribution is 2.18. The molecule has 1 saturated heterocycles. The number of amides is 2. The summed E-state index contributed by atoms with van der Waals surface area (Å²) < 4.78 is 4.91. The van der Waals surface area contributed by atoms with Crippen molar-refractivity contribution in [2.45, 2.75) is 25.3 Å². The number of ether oxygens (including phenoxy) is 1. The summed E-state index contributed by atoms with van der Waals surface area (Å²) >= 11 is 0. The number of likely N-dealkylation sites (tertiary alicyclic amines) is 1. The molecule has 3 N–H and O–H groups in total. The fourth-order valence-corrected chi connectivity index (χ4v) is 2.46. The Balaban J connectivity index is 1.96. The highest BCUT2D eigenvalue weighted by atomic mass is 16.5. The quantitative estimate of drug-likeness (QED) is 0.783. The van der Waals surface area contributed by atoms with Crippen LogP contribution in [0.1, 0.15) is 29.6 Å². The van der Waals surface area contributed by atoms with Crippen LogP contribution in [0.3, 0.4) is 0 Å². The Bertz CT molecular complexity index is 587. The first-order chi connectivity index (χ1) is 10.5. The van der Waals surface area contributed by atoms with E-state index in [2.05, 4.69) is 0 Å². The Morgan fingerprint density at radius 2 is 2.00 bits per heavy atom. The number of primary amides is 1. The van der Waals surface area contributed by atoms with Gasteiger partial charge in [0.1, 0.15) is 17.4 Å². The first kappa shape index (κ1) is 15.8. The van der Waals surface area contributed by atoms with Crippen LogP contribution in [-0.4, -0.2) is 47.0 Å². The van der Waals surface area contributed by atoms with Crippen molar-refractivity contribution in [1.29, 1.82) is 0 Å². The van der Waals surface area contributed by atoms with Crippen molar-refractivity contribution < 1.29 is 24.2 Å². The maximum absolute atomic E-state index is 12.1. The van der Waals surface area contributed by atoms with Crippen molar-refractivity contribution >= 4 is 17.8 Å². The molecular weight excluding hydrogens is 288 g/mol. The number of esters is 1. The van der Waals surface area contributed by atoms with Gasteiger partial charge in [0.05, 0.1) is 0 Å². The maximum Gasteiger partial charge on any atom is 0.342 e. The lowest BCUT2D eigenvalue weighted by atomic mass is 10.0. The topological polar surface area (TPSA) is 110 Å². The molecule has 1 heterocycles. The largest absolute Gasteiger partial charge is 0.507 e. The number of nitrogens with zero attached hydrogens (tertiary/aromatic N) is 1. The van der Waals surface area contributed by atoms with Crippen LogP contribution in [0.5, 0.6) is 5.75 Å². The lowest BCUT2D eigenvalue weighted by Crippen LogP contribution is -2.51. The van der Waals surface area contributed by atoms with Gasteiger partial charge in [-0.2, -0.15) is 0 Å². The lowest BCUT2D eigenvalue weighted by molar-refractivity contribution is -0.143. The van der Waals surface area contributed by atoms with Crippen LogP contribution in [0.2, 0.25) is 0 Å². The minimum Gasteiger partial charge on any atom is -0.507 e. The molecule has 0 bridgehead atoms. The van der Waals surface area contributed by atoms with E-state index in [-0.39, 0.29) is 11.3 Å². The minimum atomic E-state index is -0.793. The van der Waals surface area contributed by atoms with E-state index in [1.165, 1.54) is 17.0 Å². The van der Waals surface area contributed by atoms with Crippen molar-refractivity contribution in [1.82, 2.24) is 4.90 Å². The minimum absolute atomic E-state index is 0.0135. The number of phenolic OH excluding ortho intramolecular Hbond substituents is 1. The van der Waals surface area contributed by atoms with E-state index in [1.54, 1.807) is 12.1 Å². The van der Waals surface area contributed by atoms with Gasteiger partial charge < -0.3 is 20.5 Å². The SMILES string of the molecule is NC(=O)[C@@H]1CCCCN1C(=O)COC(=O)c1ccccc1O. The molecule has 0 saturated carbocycles. The third-order valence-electron chi connectivity index (χ3n) is 3.60. The van der Waals surface area contributed by atoms with Crippen LogP contribution in [0.25, 0.3) is 0 Å². The number of nitrogens with two attached hydrogens (primary N) is 1. The summed E-state index contributed by atoms with van der Waals surface area (Å²) in [5.74, 6) is -2.03. The van der Waals surface area contributed by atoms with Gasteiger partial charge in [0.2, 0.25) is 5.91 Å². The Labute approximate surface area is 127 Å². The molecule has 1 aromatic rings. The number of rotatable bonds is 4. The molecule has 7 heteroatoms. The number of hydrogen-bond acceptors (Lipinski definition) is 5. The summed E-state index contributed by atoms with van der Waals surface area (Å²) in [6.07, 6.45) is 2.13. The third kappa shape index (κ3) is 3.55. The number of hydrogen-bond donors (Lipinski definition) is 2. The number of carbonyl (C=O) groups excluding carboxylic acids is 3.